The van der Waals surface area contributed by atoms with Crippen LogP contribution >= 0.6 is 0 Å². The van der Waals surface area contributed by atoms with E-state index in [-0.39, 0.29) is 10.4 Å². The first-order chi connectivity index (χ1) is 5.46. The van der Waals surface area contributed by atoms with Crippen LogP contribution in [0.3, 0.4) is 0 Å². The predicted molar refractivity (Wildman–Crippen MR) is 33.2 cm³/mol. The highest BCUT2D eigenvalue weighted by atomic mass is 19.3. The van der Waals surface area contributed by atoms with Crippen molar-refractivity contribution < 1.29 is 17.6 Å². The van der Waals surface area contributed by atoms with Gasteiger partial charge in [0.05, 0.1) is 0 Å². The molecule has 0 aliphatic carbocycles. The van der Waals surface area contributed by atoms with Crippen LogP contribution in [0.25, 0.3) is 0 Å². The fourth-order valence-electron chi connectivity index (χ4n) is 0.798. The van der Waals surface area contributed by atoms with Gasteiger partial charge in [0, 0.05) is 12.4 Å². The zero-order valence-corrected chi connectivity index (χ0v) is 6.14. The molecular weight excluding hydrogens is 176 g/mol. The number of rotatable bonds is 2. The van der Waals surface area contributed by atoms with Crippen LogP contribution in [0, 0.1) is 6.92 Å². The van der Waals surface area contributed by atoms with E-state index in [0.29, 0.717) is 0 Å². The summed E-state index contributed by atoms with van der Waals surface area (Å²) in [6.07, 6.45) is -1.85. The fraction of sp³-hybridized carbons (Fsp3) is 0.500. The maximum atomic E-state index is 12.5. The zero-order chi connectivity index (χ0) is 9.35. The monoisotopic (exact) mass is 182 g/mol. The lowest BCUT2D eigenvalue weighted by Gasteiger charge is -2.17. The van der Waals surface area contributed by atoms with Crippen LogP contribution in [0.5, 0.6) is 0 Å². The van der Waals surface area contributed by atoms with Gasteiger partial charge in [-0.25, -0.2) is 13.8 Å². The van der Waals surface area contributed by atoms with E-state index in [1.54, 1.807) is 0 Å². The second-order valence-electron chi connectivity index (χ2n) is 2.23. The Balaban J connectivity index is 3.05. The lowest BCUT2D eigenvalue weighted by Crippen LogP contribution is -2.31. The molecule has 0 N–H and O–H groups in total. The van der Waals surface area contributed by atoms with E-state index in [9.17, 15) is 17.6 Å². The highest BCUT2D eigenvalue weighted by molar-refractivity contribution is 4.92. The average molecular weight is 182 g/mol. The van der Waals surface area contributed by atoms with Gasteiger partial charge >= 0.3 is 12.5 Å². The van der Waals surface area contributed by atoms with Crippen molar-refractivity contribution in [3.8, 4) is 0 Å². The number of hydrogen-bond donors (Lipinski definition) is 0. The quantitative estimate of drug-likeness (QED) is 0.639. The molecule has 0 aliphatic heterocycles. The van der Waals surface area contributed by atoms with Gasteiger partial charge in [-0.1, -0.05) is 0 Å². The molecule has 0 aromatic carbocycles. The number of aromatic nitrogens is 2. The highest BCUT2D eigenvalue weighted by Crippen LogP contribution is 2.29. The van der Waals surface area contributed by atoms with E-state index >= 15 is 0 Å². The molecule has 1 rings (SSSR count). The zero-order valence-electron chi connectivity index (χ0n) is 6.14. The van der Waals surface area contributed by atoms with E-state index in [2.05, 4.69) is 4.98 Å². The minimum Gasteiger partial charge on any atom is -0.270 e. The molecule has 0 radical (unpaired) electrons. The molecule has 0 saturated carbocycles. The summed E-state index contributed by atoms with van der Waals surface area (Å²) in [7, 11) is 0. The first kappa shape index (κ1) is 9.02. The van der Waals surface area contributed by atoms with Crippen LogP contribution in [0.2, 0.25) is 0 Å². The Hall–Kier alpha value is -1.07. The summed E-state index contributed by atoms with van der Waals surface area (Å²) < 4.78 is 48.8. The van der Waals surface area contributed by atoms with Crippen LogP contribution in [0.4, 0.5) is 17.6 Å². The van der Waals surface area contributed by atoms with Gasteiger partial charge in [0.1, 0.15) is 5.82 Å². The SMILES string of the molecule is Cc1nccn1C(F)(F)C(F)F. The molecule has 0 fully saturated rings. The van der Waals surface area contributed by atoms with Gasteiger partial charge in [0.25, 0.3) is 0 Å². The number of nitrogens with zero attached hydrogens (tertiary/aromatic N) is 2. The lowest BCUT2D eigenvalue weighted by molar-refractivity contribution is -0.190. The van der Waals surface area contributed by atoms with Gasteiger partial charge in [0.15, 0.2) is 0 Å². The molecule has 0 amide bonds. The van der Waals surface area contributed by atoms with Crippen molar-refractivity contribution in [2.75, 3.05) is 0 Å². The maximum Gasteiger partial charge on any atom is 0.390 e. The molecule has 12 heavy (non-hydrogen) atoms. The Kier molecular flexibility index (Phi) is 2.08. The fourth-order valence-corrected chi connectivity index (χ4v) is 0.798. The molecule has 1 aromatic rings. The largest absolute Gasteiger partial charge is 0.390 e. The molecule has 0 spiro atoms. The van der Waals surface area contributed by atoms with Crippen LogP contribution < -0.4 is 0 Å². The van der Waals surface area contributed by atoms with Crippen LogP contribution in [-0.2, 0) is 6.05 Å². The summed E-state index contributed by atoms with van der Waals surface area (Å²) in [6.45, 7) is 1.23. The Morgan fingerprint density at radius 2 is 2.08 bits per heavy atom. The Morgan fingerprint density at radius 1 is 1.50 bits per heavy atom. The number of aryl methyl sites for hydroxylation is 1. The standard InChI is InChI=1S/C6H6F4N2/c1-4-11-2-3-12(4)6(9,10)5(7)8/h2-3,5H,1H3. The topological polar surface area (TPSA) is 17.8 Å². The van der Waals surface area contributed by atoms with Crippen LogP contribution in [-0.4, -0.2) is 16.0 Å². The molecule has 6 heteroatoms. The third-order valence-corrected chi connectivity index (χ3v) is 1.41. The van der Waals surface area contributed by atoms with Crippen LogP contribution in [0.15, 0.2) is 12.4 Å². The molecule has 0 unspecified atom stereocenters. The van der Waals surface area contributed by atoms with E-state index in [1.165, 1.54) is 6.92 Å². The molecule has 2 nitrogen and oxygen atoms in total. The minimum atomic E-state index is -4.17. The molecule has 0 aliphatic rings. The summed E-state index contributed by atoms with van der Waals surface area (Å²) in [5, 5.41) is 0. The van der Waals surface area contributed by atoms with Crippen molar-refractivity contribution in [3.63, 3.8) is 0 Å². The second kappa shape index (κ2) is 2.76. The Morgan fingerprint density at radius 3 is 2.42 bits per heavy atom. The molecule has 1 heterocycles. The van der Waals surface area contributed by atoms with Gasteiger partial charge in [0.2, 0.25) is 0 Å². The third kappa shape index (κ3) is 1.28. The molecular formula is C6H6F4N2. The predicted octanol–water partition coefficient (Wildman–Crippen LogP) is 2.01. The molecule has 68 valence electrons. The highest BCUT2D eigenvalue weighted by Gasteiger charge is 2.43. The van der Waals surface area contributed by atoms with Gasteiger partial charge in [-0.05, 0) is 6.92 Å². The molecule has 0 saturated heterocycles. The lowest BCUT2D eigenvalue weighted by atomic mass is 10.5. The van der Waals surface area contributed by atoms with Gasteiger partial charge in [-0.2, -0.15) is 8.78 Å². The Bertz CT molecular complexity index is 268. The summed E-state index contributed by atoms with van der Waals surface area (Å²) in [5.74, 6) is -0.139. The third-order valence-electron chi connectivity index (χ3n) is 1.41. The maximum absolute atomic E-state index is 12.5. The smallest absolute Gasteiger partial charge is 0.270 e. The summed E-state index contributed by atoms with van der Waals surface area (Å²) in [6, 6.07) is -4.17. The summed E-state index contributed by atoms with van der Waals surface area (Å²) >= 11 is 0. The van der Waals surface area contributed by atoms with Gasteiger partial charge in [-0.15, -0.1) is 0 Å². The molecule has 0 bridgehead atoms. The van der Waals surface area contributed by atoms with Crippen molar-refractivity contribution in [3.05, 3.63) is 18.2 Å². The number of imidazole rings is 1. The first-order valence-corrected chi connectivity index (χ1v) is 3.12. The number of hydrogen-bond acceptors (Lipinski definition) is 1. The molecule has 0 atom stereocenters. The van der Waals surface area contributed by atoms with Crippen molar-refractivity contribution in [2.45, 2.75) is 19.4 Å². The van der Waals surface area contributed by atoms with Crippen molar-refractivity contribution in [1.82, 2.24) is 9.55 Å². The number of halogens is 4. The van der Waals surface area contributed by atoms with E-state index in [4.69, 9.17) is 0 Å². The van der Waals surface area contributed by atoms with Gasteiger partial charge in [-0.3, -0.25) is 4.57 Å². The summed E-state index contributed by atoms with van der Waals surface area (Å²) in [5.41, 5.74) is 0. The van der Waals surface area contributed by atoms with E-state index < -0.39 is 12.5 Å². The normalized spacial score (nSPS) is 12.5. The summed E-state index contributed by atoms with van der Waals surface area (Å²) in [4.78, 5) is 3.41. The molecule has 1 aromatic heterocycles. The Labute approximate surface area is 65.8 Å². The minimum absolute atomic E-state index is 0.139. The van der Waals surface area contributed by atoms with Crippen molar-refractivity contribution in [1.29, 1.82) is 0 Å². The average Bonchev–Trinajstić information content (AvgIpc) is 2.35. The second-order valence-corrected chi connectivity index (χ2v) is 2.23. The first-order valence-electron chi connectivity index (χ1n) is 3.12. The van der Waals surface area contributed by atoms with Gasteiger partial charge < -0.3 is 0 Å². The van der Waals surface area contributed by atoms with E-state index in [1.807, 2.05) is 0 Å². The van der Waals surface area contributed by atoms with Crippen LogP contribution in [0.1, 0.15) is 5.82 Å². The van der Waals surface area contributed by atoms with Crippen molar-refractivity contribution >= 4 is 0 Å². The number of alkyl halides is 4. The van der Waals surface area contributed by atoms with Crippen molar-refractivity contribution in [2.24, 2.45) is 0 Å². The van der Waals surface area contributed by atoms with E-state index in [0.717, 1.165) is 12.4 Å².